The number of amides is 1. The van der Waals surface area contributed by atoms with Crippen LogP contribution in [0, 0.1) is 0 Å². The van der Waals surface area contributed by atoms with Gasteiger partial charge in [-0.3, -0.25) is 9.59 Å². The second-order valence-corrected chi connectivity index (χ2v) is 8.52. The van der Waals surface area contributed by atoms with Crippen LogP contribution >= 0.6 is 11.3 Å². The summed E-state index contributed by atoms with van der Waals surface area (Å²) < 4.78 is 11.5. The molecule has 1 atom stereocenters. The summed E-state index contributed by atoms with van der Waals surface area (Å²) in [5, 5.41) is 12.6. The van der Waals surface area contributed by atoms with E-state index in [4.69, 9.17) is 9.47 Å². The van der Waals surface area contributed by atoms with E-state index in [1.807, 2.05) is 19.9 Å². The lowest BCUT2D eigenvalue weighted by atomic mass is 9.95. The van der Waals surface area contributed by atoms with Gasteiger partial charge in [-0.25, -0.2) is 0 Å². The molecule has 7 nitrogen and oxygen atoms in total. The van der Waals surface area contributed by atoms with Gasteiger partial charge in [-0.1, -0.05) is 26.0 Å². The van der Waals surface area contributed by atoms with Crippen LogP contribution in [-0.2, 0) is 4.79 Å². The number of nitrogens with zero attached hydrogens (tertiary/aromatic N) is 2. The molecule has 3 rings (SSSR count). The number of rotatable bonds is 12. The van der Waals surface area contributed by atoms with E-state index in [-0.39, 0.29) is 11.4 Å². The molecule has 2 heterocycles. The minimum absolute atomic E-state index is 0.105. The molecule has 0 fully saturated rings. The van der Waals surface area contributed by atoms with Gasteiger partial charge in [-0.2, -0.15) is 0 Å². The number of ketones is 1. The molecular weight excluding hydrogens is 440 g/mol. The first kappa shape index (κ1) is 24.8. The summed E-state index contributed by atoms with van der Waals surface area (Å²) in [5.74, 6) is -0.203. The Balaban J connectivity index is 2.06. The molecule has 0 saturated carbocycles. The Hall–Kier alpha value is -2.84. The normalized spacial score (nSPS) is 16.1. The zero-order chi connectivity index (χ0) is 24.0. The van der Waals surface area contributed by atoms with E-state index < -0.39 is 17.7 Å². The first-order valence-electron chi connectivity index (χ1n) is 11.4. The number of thiophene rings is 1. The molecule has 1 N–H and O–H groups in total. The number of aliphatic hydroxyl groups is 1. The summed E-state index contributed by atoms with van der Waals surface area (Å²) >= 11 is 1.29. The number of hydrogen-bond acceptors (Lipinski definition) is 7. The van der Waals surface area contributed by atoms with Crippen LogP contribution in [0.5, 0.6) is 11.5 Å². The highest BCUT2D eigenvalue weighted by Gasteiger charge is 2.44. The van der Waals surface area contributed by atoms with Crippen molar-refractivity contribution in [3.8, 4) is 11.5 Å². The molecule has 1 amide bonds. The fraction of sp³-hybridized carbons (Fsp3) is 0.440. The largest absolute Gasteiger partial charge is 0.503 e. The maximum atomic E-state index is 13.4. The van der Waals surface area contributed by atoms with Crippen LogP contribution in [0.3, 0.4) is 0 Å². The van der Waals surface area contributed by atoms with Crippen molar-refractivity contribution in [1.29, 1.82) is 0 Å². The van der Waals surface area contributed by atoms with Crippen LogP contribution in [0.4, 0.5) is 0 Å². The first-order valence-corrected chi connectivity index (χ1v) is 12.3. The monoisotopic (exact) mass is 472 g/mol. The van der Waals surface area contributed by atoms with Gasteiger partial charge in [0.25, 0.3) is 5.91 Å². The lowest BCUT2D eigenvalue weighted by molar-refractivity contribution is -0.129. The number of carbonyl (C=O) groups excluding carboxylic acids is 2. The fourth-order valence-electron chi connectivity index (χ4n) is 4.03. The highest BCUT2D eigenvalue weighted by Crippen LogP contribution is 2.42. The molecule has 0 spiro atoms. The van der Waals surface area contributed by atoms with Gasteiger partial charge < -0.3 is 24.4 Å². The maximum absolute atomic E-state index is 13.4. The van der Waals surface area contributed by atoms with E-state index in [1.165, 1.54) is 11.3 Å². The Labute approximate surface area is 199 Å². The van der Waals surface area contributed by atoms with Crippen LogP contribution in [0.1, 0.15) is 49.0 Å². The molecule has 0 radical (unpaired) electrons. The van der Waals surface area contributed by atoms with E-state index >= 15 is 0 Å². The lowest BCUT2D eigenvalue weighted by Gasteiger charge is -2.29. The summed E-state index contributed by atoms with van der Waals surface area (Å²) in [6.45, 7) is 11.6. The van der Waals surface area contributed by atoms with Crippen LogP contribution in [0.25, 0.3) is 0 Å². The molecule has 1 aromatic carbocycles. The second-order valence-electron chi connectivity index (χ2n) is 7.57. The third-order valence-electron chi connectivity index (χ3n) is 5.73. The van der Waals surface area contributed by atoms with E-state index in [0.29, 0.717) is 48.2 Å². The maximum Gasteiger partial charge on any atom is 0.290 e. The van der Waals surface area contributed by atoms with Gasteiger partial charge in [-0.15, -0.1) is 11.3 Å². The Morgan fingerprint density at radius 2 is 1.79 bits per heavy atom. The number of hydrogen-bond donors (Lipinski definition) is 1. The van der Waals surface area contributed by atoms with Gasteiger partial charge in [0.05, 0.1) is 29.7 Å². The Morgan fingerprint density at radius 1 is 1.09 bits per heavy atom. The van der Waals surface area contributed by atoms with Crippen molar-refractivity contribution in [3.63, 3.8) is 0 Å². The van der Waals surface area contributed by atoms with Gasteiger partial charge in [0.15, 0.2) is 17.3 Å². The van der Waals surface area contributed by atoms with Crippen molar-refractivity contribution < 1.29 is 24.2 Å². The van der Waals surface area contributed by atoms with Crippen molar-refractivity contribution in [2.75, 3.05) is 39.4 Å². The molecule has 0 bridgehead atoms. The third-order valence-corrected chi connectivity index (χ3v) is 6.60. The summed E-state index contributed by atoms with van der Waals surface area (Å²) in [4.78, 5) is 30.8. The van der Waals surface area contributed by atoms with Crippen molar-refractivity contribution in [2.24, 2.45) is 0 Å². The van der Waals surface area contributed by atoms with Crippen LogP contribution in [-0.4, -0.2) is 66.0 Å². The summed E-state index contributed by atoms with van der Waals surface area (Å²) in [7, 11) is 0. The number of Topliss-reactive ketones (excluding diaryl/α,β-unsaturated/α-hetero) is 1. The fourth-order valence-corrected chi connectivity index (χ4v) is 4.71. The number of likely N-dealkylation sites (N-methyl/N-ethyl adjacent to an activating group) is 1. The minimum atomic E-state index is -0.711. The van der Waals surface area contributed by atoms with Gasteiger partial charge in [0.1, 0.15) is 0 Å². The zero-order valence-electron chi connectivity index (χ0n) is 19.7. The predicted octanol–water partition coefficient (Wildman–Crippen LogP) is 4.47. The van der Waals surface area contributed by atoms with Gasteiger partial charge >= 0.3 is 0 Å². The van der Waals surface area contributed by atoms with Crippen molar-refractivity contribution in [1.82, 2.24) is 9.80 Å². The topological polar surface area (TPSA) is 79.3 Å². The molecule has 1 aliphatic heterocycles. The number of carbonyl (C=O) groups is 2. The van der Waals surface area contributed by atoms with Gasteiger partial charge in [-0.05, 0) is 56.1 Å². The first-order chi connectivity index (χ1) is 16.0. The molecular formula is C25H32N2O5S. The van der Waals surface area contributed by atoms with Crippen molar-refractivity contribution >= 4 is 23.0 Å². The lowest BCUT2D eigenvalue weighted by Crippen LogP contribution is -2.38. The molecule has 0 unspecified atom stereocenters. The molecule has 0 saturated heterocycles. The van der Waals surface area contributed by atoms with Crippen LogP contribution in [0.15, 0.2) is 47.0 Å². The average Bonchev–Trinajstić information content (AvgIpc) is 3.44. The standard InChI is InChI=1S/C25H32N2O5S/c1-5-26(6-2)13-14-27-22(17-11-12-18(31-7-3)19(16-17)32-8-4)21(24(29)25(27)30)23(28)20-10-9-15-33-20/h9-12,15-16,22,29H,5-8,13-14H2,1-4H3/t22-/m1/s1. The van der Waals surface area contributed by atoms with E-state index in [1.54, 1.807) is 34.5 Å². The predicted molar refractivity (Wildman–Crippen MR) is 129 cm³/mol. The smallest absolute Gasteiger partial charge is 0.290 e. The Bertz CT molecular complexity index is 998. The summed E-state index contributed by atoms with van der Waals surface area (Å²) in [5.41, 5.74) is 0.798. The van der Waals surface area contributed by atoms with E-state index in [0.717, 1.165) is 13.1 Å². The average molecular weight is 473 g/mol. The van der Waals surface area contributed by atoms with E-state index in [2.05, 4.69) is 18.7 Å². The minimum Gasteiger partial charge on any atom is -0.503 e. The summed E-state index contributed by atoms with van der Waals surface area (Å²) in [6, 6.07) is 8.20. The van der Waals surface area contributed by atoms with E-state index in [9.17, 15) is 14.7 Å². The molecule has 1 aromatic heterocycles. The molecule has 2 aromatic rings. The highest BCUT2D eigenvalue weighted by molar-refractivity contribution is 7.12. The third kappa shape index (κ3) is 5.23. The van der Waals surface area contributed by atoms with Crippen molar-refractivity contribution in [2.45, 2.75) is 33.7 Å². The molecule has 178 valence electrons. The van der Waals surface area contributed by atoms with Crippen LogP contribution in [0.2, 0.25) is 0 Å². The number of benzene rings is 1. The molecule has 1 aliphatic rings. The van der Waals surface area contributed by atoms with Gasteiger partial charge in [0, 0.05) is 13.1 Å². The molecule has 0 aliphatic carbocycles. The molecule has 8 heteroatoms. The van der Waals surface area contributed by atoms with Gasteiger partial charge in [0.2, 0.25) is 5.78 Å². The number of aliphatic hydroxyl groups excluding tert-OH is 1. The quantitative estimate of drug-likeness (QED) is 0.459. The number of ether oxygens (including phenoxy) is 2. The Morgan fingerprint density at radius 3 is 2.39 bits per heavy atom. The van der Waals surface area contributed by atoms with Crippen LogP contribution < -0.4 is 9.47 Å². The molecule has 33 heavy (non-hydrogen) atoms. The Kier molecular flexibility index (Phi) is 8.52. The SMILES string of the molecule is CCOc1ccc([C@@H]2C(C(=O)c3cccs3)=C(O)C(=O)N2CCN(CC)CC)cc1OCC. The highest BCUT2D eigenvalue weighted by atomic mass is 32.1. The summed E-state index contributed by atoms with van der Waals surface area (Å²) in [6.07, 6.45) is 0. The van der Waals surface area contributed by atoms with Crippen molar-refractivity contribution in [3.05, 3.63) is 57.5 Å². The zero-order valence-corrected chi connectivity index (χ0v) is 20.5. The second kappa shape index (κ2) is 11.3.